The number of nitrogens with zero attached hydrogens (tertiary/aromatic N) is 2. The third kappa shape index (κ3) is 2.22. The lowest BCUT2D eigenvalue weighted by atomic mass is 10.1. The molecule has 0 aliphatic carbocycles. The number of aromatic nitrogens is 3. The van der Waals surface area contributed by atoms with Crippen molar-refractivity contribution in [3.63, 3.8) is 0 Å². The molecule has 0 saturated carbocycles. The number of methoxy groups -OCH3 is 1. The van der Waals surface area contributed by atoms with Crippen molar-refractivity contribution >= 4 is 0 Å². The predicted molar refractivity (Wildman–Crippen MR) is 70.8 cm³/mol. The van der Waals surface area contributed by atoms with Gasteiger partial charge in [-0.15, -0.1) is 0 Å². The number of aromatic amines is 1. The van der Waals surface area contributed by atoms with Gasteiger partial charge in [-0.2, -0.15) is 0 Å². The first-order valence-electron chi connectivity index (χ1n) is 5.88. The smallest absolute Gasteiger partial charge is 0.191 e. The Hall–Kier alpha value is -2.56. The number of benzene rings is 1. The van der Waals surface area contributed by atoms with E-state index in [1.807, 2.05) is 24.3 Å². The molecule has 96 valence electrons. The van der Waals surface area contributed by atoms with Gasteiger partial charge in [0.2, 0.25) is 0 Å². The van der Waals surface area contributed by atoms with Crippen molar-refractivity contribution in [2.24, 2.45) is 0 Å². The second-order valence-electron chi connectivity index (χ2n) is 4.13. The second-order valence-corrected chi connectivity index (χ2v) is 4.13. The topological polar surface area (TPSA) is 63.9 Å². The van der Waals surface area contributed by atoms with Crippen LogP contribution in [0, 0.1) is 6.92 Å². The summed E-state index contributed by atoms with van der Waals surface area (Å²) < 4.78 is 10.4. The number of ether oxygens (including phenoxy) is 1. The quantitative estimate of drug-likeness (QED) is 0.781. The minimum Gasteiger partial charge on any atom is -0.497 e. The molecule has 19 heavy (non-hydrogen) atoms. The van der Waals surface area contributed by atoms with Gasteiger partial charge in [0.25, 0.3) is 0 Å². The first-order valence-corrected chi connectivity index (χ1v) is 5.88. The average Bonchev–Trinajstić information content (AvgIpc) is 3.07. The van der Waals surface area contributed by atoms with E-state index in [0.29, 0.717) is 17.4 Å². The molecule has 0 amide bonds. The number of imidazole rings is 1. The molecule has 3 rings (SSSR count). The van der Waals surface area contributed by atoms with E-state index in [1.165, 1.54) is 0 Å². The van der Waals surface area contributed by atoms with Crippen LogP contribution in [0.4, 0.5) is 0 Å². The Morgan fingerprint density at radius 3 is 2.95 bits per heavy atom. The van der Waals surface area contributed by atoms with E-state index in [-0.39, 0.29) is 0 Å². The molecule has 0 aliphatic rings. The molecule has 2 aromatic heterocycles. The standard InChI is InChI=1S/C14H13N3O2/c1-9-16-13(8-19-9)14-15-7-12(17-14)10-4-3-5-11(6-10)18-2/h3-8H,1-2H3,(H,15,17). The second kappa shape index (κ2) is 4.61. The maximum atomic E-state index is 5.21. The molecule has 0 unspecified atom stereocenters. The fourth-order valence-electron chi connectivity index (χ4n) is 1.86. The highest BCUT2D eigenvalue weighted by molar-refractivity contribution is 5.63. The molecule has 3 aromatic rings. The molecule has 0 fully saturated rings. The van der Waals surface area contributed by atoms with Crippen LogP contribution in [0.2, 0.25) is 0 Å². The highest BCUT2D eigenvalue weighted by Gasteiger charge is 2.09. The normalized spacial score (nSPS) is 10.6. The third-order valence-corrected chi connectivity index (χ3v) is 2.82. The van der Waals surface area contributed by atoms with Crippen LogP contribution in [0.15, 0.2) is 41.1 Å². The Kier molecular flexibility index (Phi) is 2.79. The van der Waals surface area contributed by atoms with Crippen molar-refractivity contribution in [2.45, 2.75) is 6.92 Å². The number of aryl methyl sites for hydroxylation is 1. The molecule has 0 aliphatic heterocycles. The van der Waals surface area contributed by atoms with Crippen LogP contribution in [0.5, 0.6) is 5.75 Å². The number of H-pyrrole nitrogens is 1. The Balaban J connectivity index is 1.96. The maximum Gasteiger partial charge on any atom is 0.191 e. The van der Waals surface area contributed by atoms with E-state index < -0.39 is 0 Å². The Labute approximate surface area is 110 Å². The fourth-order valence-corrected chi connectivity index (χ4v) is 1.86. The highest BCUT2D eigenvalue weighted by Crippen LogP contribution is 2.24. The van der Waals surface area contributed by atoms with Gasteiger partial charge in [-0.25, -0.2) is 9.97 Å². The molecule has 0 saturated heterocycles. The molecule has 0 atom stereocenters. The number of oxazole rings is 1. The lowest BCUT2D eigenvalue weighted by Gasteiger charge is -2.01. The van der Waals surface area contributed by atoms with Gasteiger partial charge in [-0.05, 0) is 12.1 Å². The molecular weight excluding hydrogens is 242 g/mol. The summed E-state index contributed by atoms with van der Waals surface area (Å²) in [5, 5.41) is 0. The van der Waals surface area contributed by atoms with Crippen LogP contribution in [-0.2, 0) is 0 Å². The molecule has 0 radical (unpaired) electrons. The first kappa shape index (κ1) is 11.5. The van der Waals surface area contributed by atoms with Gasteiger partial charge in [0.15, 0.2) is 11.7 Å². The van der Waals surface area contributed by atoms with Gasteiger partial charge in [-0.3, -0.25) is 0 Å². The summed E-state index contributed by atoms with van der Waals surface area (Å²) in [4.78, 5) is 11.8. The molecular formula is C14H13N3O2. The van der Waals surface area contributed by atoms with Crippen molar-refractivity contribution < 1.29 is 9.15 Å². The molecule has 5 heteroatoms. The summed E-state index contributed by atoms with van der Waals surface area (Å²) in [5.41, 5.74) is 2.62. The molecule has 1 N–H and O–H groups in total. The lowest BCUT2D eigenvalue weighted by Crippen LogP contribution is -1.84. The zero-order valence-corrected chi connectivity index (χ0v) is 10.7. The van der Waals surface area contributed by atoms with Crippen LogP contribution in [0.25, 0.3) is 22.8 Å². The summed E-state index contributed by atoms with van der Waals surface area (Å²) in [6, 6.07) is 7.79. The molecule has 2 heterocycles. The van der Waals surface area contributed by atoms with Crippen molar-refractivity contribution in [2.75, 3.05) is 7.11 Å². The molecule has 0 bridgehead atoms. The average molecular weight is 255 g/mol. The summed E-state index contributed by atoms with van der Waals surface area (Å²) in [6.07, 6.45) is 3.36. The van der Waals surface area contributed by atoms with Crippen molar-refractivity contribution in [3.8, 4) is 28.5 Å². The van der Waals surface area contributed by atoms with Crippen LogP contribution in [0.3, 0.4) is 0 Å². The summed E-state index contributed by atoms with van der Waals surface area (Å²) in [6.45, 7) is 1.80. The molecule has 1 aromatic carbocycles. The Morgan fingerprint density at radius 2 is 2.21 bits per heavy atom. The van der Waals surface area contributed by atoms with Crippen molar-refractivity contribution in [3.05, 3.63) is 42.6 Å². The van der Waals surface area contributed by atoms with Gasteiger partial charge in [0.1, 0.15) is 17.7 Å². The van der Waals surface area contributed by atoms with E-state index in [4.69, 9.17) is 9.15 Å². The Morgan fingerprint density at radius 1 is 1.32 bits per heavy atom. The van der Waals surface area contributed by atoms with Crippen LogP contribution in [-0.4, -0.2) is 22.1 Å². The summed E-state index contributed by atoms with van der Waals surface area (Å²) >= 11 is 0. The number of hydrogen-bond donors (Lipinski definition) is 1. The number of nitrogens with one attached hydrogen (secondary N) is 1. The first-order chi connectivity index (χ1) is 9.26. The van der Waals surface area contributed by atoms with Crippen molar-refractivity contribution in [1.29, 1.82) is 0 Å². The van der Waals surface area contributed by atoms with Crippen LogP contribution < -0.4 is 4.74 Å². The maximum absolute atomic E-state index is 5.21. The van der Waals surface area contributed by atoms with Gasteiger partial charge in [-0.1, -0.05) is 12.1 Å². The monoisotopic (exact) mass is 255 g/mol. The Bertz CT molecular complexity index is 700. The fraction of sp³-hybridized carbons (Fsp3) is 0.143. The van der Waals surface area contributed by atoms with Crippen LogP contribution in [0.1, 0.15) is 5.89 Å². The minimum atomic E-state index is 0.620. The van der Waals surface area contributed by atoms with E-state index in [1.54, 1.807) is 26.5 Å². The molecule has 5 nitrogen and oxygen atoms in total. The lowest BCUT2D eigenvalue weighted by molar-refractivity contribution is 0.415. The largest absolute Gasteiger partial charge is 0.497 e. The van der Waals surface area contributed by atoms with Gasteiger partial charge >= 0.3 is 0 Å². The van der Waals surface area contributed by atoms with Gasteiger partial charge < -0.3 is 14.1 Å². The van der Waals surface area contributed by atoms with Gasteiger partial charge in [0, 0.05) is 12.5 Å². The predicted octanol–water partition coefficient (Wildman–Crippen LogP) is 3.05. The number of rotatable bonds is 3. The minimum absolute atomic E-state index is 0.620. The summed E-state index contributed by atoms with van der Waals surface area (Å²) in [7, 11) is 1.65. The molecule has 0 spiro atoms. The SMILES string of the molecule is COc1cccc(-c2cnc(-c3coc(C)n3)[nH]2)c1. The zero-order valence-electron chi connectivity index (χ0n) is 10.7. The van der Waals surface area contributed by atoms with E-state index >= 15 is 0 Å². The van der Waals surface area contributed by atoms with Gasteiger partial charge in [0.05, 0.1) is 19.0 Å². The van der Waals surface area contributed by atoms with Crippen LogP contribution >= 0.6 is 0 Å². The van der Waals surface area contributed by atoms with E-state index in [0.717, 1.165) is 17.0 Å². The van der Waals surface area contributed by atoms with E-state index in [2.05, 4.69) is 15.0 Å². The zero-order chi connectivity index (χ0) is 13.2. The highest BCUT2D eigenvalue weighted by atomic mass is 16.5. The van der Waals surface area contributed by atoms with Crippen molar-refractivity contribution in [1.82, 2.24) is 15.0 Å². The third-order valence-electron chi connectivity index (χ3n) is 2.82. The van der Waals surface area contributed by atoms with E-state index in [9.17, 15) is 0 Å². The number of hydrogen-bond acceptors (Lipinski definition) is 4. The summed E-state index contributed by atoms with van der Waals surface area (Å²) in [5.74, 6) is 2.12.